The smallest absolute Gasteiger partial charge is 0.408 e. The van der Waals surface area contributed by atoms with Crippen LogP contribution in [0.3, 0.4) is 0 Å². The first-order valence-electron chi connectivity index (χ1n) is 6.03. The van der Waals surface area contributed by atoms with Crippen LogP contribution in [0.5, 0.6) is 0 Å². The summed E-state index contributed by atoms with van der Waals surface area (Å²) in [4.78, 5) is 11.2. The molecule has 0 spiro atoms. The highest BCUT2D eigenvalue weighted by Crippen LogP contribution is 2.18. The predicted octanol–water partition coefficient (Wildman–Crippen LogP) is 2.93. The van der Waals surface area contributed by atoms with Gasteiger partial charge < -0.3 is 10.1 Å². The number of rotatable bonds is 3. The summed E-state index contributed by atoms with van der Waals surface area (Å²) in [5.74, 6) is 0. The highest BCUT2D eigenvalue weighted by molar-refractivity contribution is 7.86. The maximum absolute atomic E-state index is 12.7. The molecule has 1 unspecified atom stereocenters. The molecule has 1 N–H and O–H groups in total. The number of nitrogens with one attached hydrogen (secondary N) is 1. The number of alkyl carbamates (subject to hydrolysis) is 1. The van der Waals surface area contributed by atoms with Gasteiger partial charge in [0.15, 0.2) is 0 Å². The van der Waals surface area contributed by atoms with Crippen LogP contribution in [0.4, 0.5) is 8.68 Å². The first-order chi connectivity index (χ1) is 8.99. The molecule has 0 radical (unpaired) electrons. The number of carbonyl (C=O) groups is 1. The molecule has 1 aromatic carbocycles. The zero-order valence-corrected chi connectivity index (χ0v) is 12.6. The summed E-state index contributed by atoms with van der Waals surface area (Å²) in [5, 5.41) is 2.61. The maximum Gasteiger partial charge on any atom is 0.408 e. The third-order valence-electron chi connectivity index (χ3n) is 2.39. The van der Waals surface area contributed by atoms with Crippen molar-refractivity contribution >= 4 is 16.3 Å². The lowest BCUT2D eigenvalue weighted by atomic mass is 10.1. The van der Waals surface area contributed by atoms with Crippen molar-refractivity contribution in [3.8, 4) is 0 Å². The summed E-state index contributed by atoms with van der Waals surface area (Å²) in [6.07, 6.45) is -0.577. The number of hydrogen-bond donors (Lipinski definition) is 1. The molecule has 7 heteroatoms. The van der Waals surface area contributed by atoms with Gasteiger partial charge in [-0.25, -0.2) is 4.79 Å². The van der Waals surface area contributed by atoms with E-state index < -0.39 is 26.8 Å². The highest BCUT2D eigenvalue weighted by Gasteiger charge is 2.19. The molecular weight excluding hydrogens is 285 g/mol. The Hall–Kier alpha value is -1.63. The van der Waals surface area contributed by atoms with Crippen molar-refractivity contribution in [3.63, 3.8) is 0 Å². The lowest BCUT2D eigenvalue weighted by Gasteiger charge is -2.22. The molecule has 1 atom stereocenters. The molecule has 0 fully saturated rings. The average Bonchev–Trinajstić information content (AvgIpc) is 2.25. The summed E-state index contributed by atoms with van der Waals surface area (Å²) in [6.45, 7) is 6.96. The van der Waals surface area contributed by atoms with E-state index in [-0.39, 0.29) is 6.04 Å². The molecule has 1 rings (SSSR count). The van der Waals surface area contributed by atoms with Gasteiger partial charge in [0.05, 0.1) is 10.9 Å². The second-order valence-corrected chi connectivity index (χ2v) is 6.72. The predicted molar refractivity (Wildman–Crippen MR) is 72.5 cm³/mol. The van der Waals surface area contributed by atoms with E-state index in [4.69, 9.17) is 4.74 Å². The van der Waals surface area contributed by atoms with Gasteiger partial charge in [0, 0.05) is 0 Å². The van der Waals surface area contributed by atoms with Gasteiger partial charge in [-0.05, 0) is 45.4 Å². The number of ether oxygens (including phenoxy) is 1. The van der Waals surface area contributed by atoms with E-state index in [0.29, 0.717) is 5.56 Å². The third kappa shape index (κ3) is 5.16. The van der Waals surface area contributed by atoms with Crippen LogP contribution in [0.15, 0.2) is 29.2 Å². The highest BCUT2D eigenvalue weighted by atomic mass is 32.3. The van der Waals surface area contributed by atoms with Gasteiger partial charge in [0.2, 0.25) is 0 Å². The second-order valence-electron chi connectivity index (χ2n) is 5.37. The molecule has 5 nitrogen and oxygen atoms in total. The van der Waals surface area contributed by atoms with Crippen LogP contribution < -0.4 is 5.32 Å². The molecule has 0 saturated heterocycles. The molecule has 0 aromatic heterocycles. The number of amides is 1. The zero-order valence-electron chi connectivity index (χ0n) is 11.8. The first-order valence-corrected chi connectivity index (χ1v) is 7.41. The Balaban J connectivity index is 2.74. The number of carbonyl (C=O) groups excluding carboxylic acids is 1. The van der Waals surface area contributed by atoms with E-state index in [0.717, 1.165) is 12.1 Å². The van der Waals surface area contributed by atoms with Crippen molar-refractivity contribution < 1.29 is 21.8 Å². The normalized spacial score (nSPS) is 13.7. The van der Waals surface area contributed by atoms with E-state index >= 15 is 0 Å². The Bertz CT molecular complexity index is 575. The minimum atomic E-state index is -4.70. The molecule has 20 heavy (non-hydrogen) atoms. The molecule has 0 heterocycles. The molecule has 1 aromatic rings. The van der Waals surface area contributed by atoms with Crippen LogP contribution in [-0.2, 0) is 15.0 Å². The van der Waals surface area contributed by atoms with Gasteiger partial charge in [-0.15, -0.1) is 3.89 Å². The molecule has 0 bridgehead atoms. The maximum atomic E-state index is 12.7. The SMILES string of the molecule is CC(NC(=O)OC(C)(C)C)c1ccc(S(=O)(=O)F)cc1. The molecule has 0 aliphatic heterocycles. The fraction of sp³-hybridized carbons (Fsp3) is 0.462. The Labute approximate surface area is 118 Å². The first kappa shape index (κ1) is 16.4. The summed E-state index contributed by atoms with van der Waals surface area (Å²) >= 11 is 0. The topological polar surface area (TPSA) is 72.5 Å². The van der Waals surface area contributed by atoms with E-state index in [2.05, 4.69) is 5.32 Å². The monoisotopic (exact) mass is 303 g/mol. The van der Waals surface area contributed by atoms with Crippen LogP contribution in [-0.4, -0.2) is 20.1 Å². The van der Waals surface area contributed by atoms with Gasteiger partial charge in [-0.3, -0.25) is 0 Å². The van der Waals surface area contributed by atoms with E-state index in [1.54, 1.807) is 27.7 Å². The van der Waals surface area contributed by atoms with Crippen molar-refractivity contribution in [2.75, 3.05) is 0 Å². The van der Waals surface area contributed by atoms with Crippen LogP contribution in [0.2, 0.25) is 0 Å². The average molecular weight is 303 g/mol. The number of hydrogen-bond acceptors (Lipinski definition) is 4. The fourth-order valence-electron chi connectivity index (χ4n) is 1.49. The Kier molecular flexibility index (Phi) is 4.75. The lowest BCUT2D eigenvalue weighted by Crippen LogP contribution is -2.34. The zero-order chi connectivity index (χ0) is 15.6. The molecule has 112 valence electrons. The van der Waals surface area contributed by atoms with Crippen molar-refractivity contribution in [3.05, 3.63) is 29.8 Å². The number of benzene rings is 1. The lowest BCUT2D eigenvalue weighted by molar-refractivity contribution is 0.0508. The molecule has 0 aliphatic rings. The van der Waals surface area contributed by atoms with E-state index in [1.807, 2.05) is 0 Å². The van der Waals surface area contributed by atoms with E-state index in [9.17, 15) is 17.1 Å². The Morgan fingerprint density at radius 2 is 1.75 bits per heavy atom. The minimum Gasteiger partial charge on any atom is -0.444 e. The van der Waals surface area contributed by atoms with Crippen molar-refractivity contribution in [1.82, 2.24) is 5.32 Å². The summed E-state index contributed by atoms with van der Waals surface area (Å²) in [6, 6.07) is 4.79. The fourth-order valence-corrected chi connectivity index (χ4v) is 1.95. The molecular formula is C13H18FNO4S. The van der Waals surface area contributed by atoms with Crippen LogP contribution in [0, 0.1) is 0 Å². The molecule has 1 amide bonds. The van der Waals surface area contributed by atoms with Crippen LogP contribution in [0.25, 0.3) is 0 Å². The summed E-state index contributed by atoms with van der Waals surface area (Å²) in [5.41, 5.74) is 0.0407. The van der Waals surface area contributed by atoms with Crippen LogP contribution >= 0.6 is 0 Å². The Morgan fingerprint density at radius 1 is 1.25 bits per heavy atom. The summed E-state index contributed by atoms with van der Waals surface area (Å²) < 4.78 is 39.2. The van der Waals surface area contributed by atoms with Gasteiger partial charge in [-0.2, -0.15) is 8.42 Å². The molecule has 0 aliphatic carbocycles. The van der Waals surface area contributed by atoms with Gasteiger partial charge in [0.1, 0.15) is 5.60 Å². The standard InChI is InChI=1S/C13H18FNO4S/c1-9(15-12(16)19-13(2,3)4)10-5-7-11(8-6-10)20(14,17)18/h5-9H,1-4H3,(H,15,16). The second kappa shape index (κ2) is 5.78. The van der Waals surface area contributed by atoms with Crippen molar-refractivity contribution in [1.29, 1.82) is 0 Å². The van der Waals surface area contributed by atoms with Crippen LogP contribution in [0.1, 0.15) is 39.3 Å². The largest absolute Gasteiger partial charge is 0.444 e. The number of halogens is 1. The van der Waals surface area contributed by atoms with Crippen molar-refractivity contribution in [2.24, 2.45) is 0 Å². The van der Waals surface area contributed by atoms with Gasteiger partial charge in [-0.1, -0.05) is 12.1 Å². The van der Waals surface area contributed by atoms with Crippen molar-refractivity contribution in [2.45, 2.75) is 44.2 Å². The minimum absolute atomic E-state index is 0.388. The third-order valence-corrected chi connectivity index (χ3v) is 3.23. The Morgan fingerprint density at radius 3 is 2.15 bits per heavy atom. The van der Waals surface area contributed by atoms with Gasteiger partial charge in [0.25, 0.3) is 0 Å². The summed E-state index contributed by atoms with van der Waals surface area (Å²) in [7, 11) is -4.70. The quantitative estimate of drug-likeness (QED) is 0.871. The van der Waals surface area contributed by atoms with E-state index in [1.165, 1.54) is 12.1 Å². The van der Waals surface area contributed by atoms with Gasteiger partial charge >= 0.3 is 16.3 Å². The molecule has 0 saturated carbocycles.